The summed E-state index contributed by atoms with van der Waals surface area (Å²) in [6.07, 6.45) is 2.41. The van der Waals surface area contributed by atoms with Crippen molar-refractivity contribution in [1.29, 1.82) is 0 Å². The van der Waals surface area contributed by atoms with Crippen molar-refractivity contribution in [3.05, 3.63) is 11.9 Å². The van der Waals surface area contributed by atoms with E-state index in [2.05, 4.69) is 29.2 Å². The Bertz CT molecular complexity index is 472. The largest absolute Gasteiger partial charge is 0.354 e. The summed E-state index contributed by atoms with van der Waals surface area (Å²) >= 11 is 2.03. The molecule has 104 valence electrons. The highest BCUT2D eigenvalue weighted by Gasteiger charge is 2.31. The number of hydrazine groups is 1. The van der Waals surface area contributed by atoms with Crippen molar-refractivity contribution >= 4 is 23.4 Å². The van der Waals surface area contributed by atoms with Crippen molar-refractivity contribution in [2.75, 3.05) is 29.2 Å². The van der Waals surface area contributed by atoms with Crippen molar-refractivity contribution in [2.45, 2.75) is 37.4 Å². The van der Waals surface area contributed by atoms with Crippen LogP contribution in [0.2, 0.25) is 0 Å². The summed E-state index contributed by atoms with van der Waals surface area (Å²) in [5.74, 6) is 9.89. The van der Waals surface area contributed by atoms with Crippen LogP contribution in [-0.2, 0) is 0 Å². The molecule has 3 rings (SSSR count). The predicted octanol–water partition coefficient (Wildman–Crippen LogP) is 1.97. The minimum absolute atomic E-state index is 0.277. The van der Waals surface area contributed by atoms with Crippen molar-refractivity contribution in [2.24, 2.45) is 5.84 Å². The molecule has 0 unspecified atom stereocenters. The molecule has 2 heterocycles. The zero-order valence-corrected chi connectivity index (χ0v) is 12.3. The molecule has 1 saturated carbocycles. The van der Waals surface area contributed by atoms with E-state index >= 15 is 0 Å². The quantitative estimate of drug-likeness (QED) is 0.651. The fraction of sp³-hybridized carbons (Fsp3) is 0.692. The van der Waals surface area contributed by atoms with Crippen molar-refractivity contribution < 1.29 is 0 Å². The van der Waals surface area contributed by atoms with Gasteiger partial charge in [-0.15, -0.1) is 0 Å². The van der Waals surface area contributed by atoms with Crippen molar-refractivity contribution in [3.63, 3.8) is 0 Å². The van der Waals surface area contributed by atoms with Crippen molar-refractivity contribution in [3.8, 4) is 0 Å². The highest BCUT2D eigenvalue weighted by atomic mass is 32.2. The Labute approximate surface area is 118 Å². The van der Waals surface area contributed by atoms with Gasteiger partial charge in [0.2, 0.25) is 0 Å². The van der Waals surface area contributed by atoms with E-state index in [0.717, 1.165) is 36.3 Å². The van der Waals surface area contributed by atoms with Gasteiger partial charge in [-0.25, -0.2) is 15.8 Å². The number of thioether (sulfide) groups is 1. The van der Waals surface area contributed by atoms with Crippen LogP contribution in [0, 0.1) is 0 Å². The second-order valence-corrected chi connectivity index (χ2v) is 7.72. The van der Waals surface area contributed by atoms with E-state index in [9.17, 15) is 0 Å². The Morgan fingerprint density at radius 3 is 2.84 bits per heavy atom. The fourth-order valence-corrected chi connectivity index (χ4v) is 3.54. The van der Waals surface area contributed by atoms with Gasteiger partial charge in [0.25, 0.3) is 0 Å². The first-order valence-corrected chi connectivity index (χ1v) is 7.80. The van der Waals surface area contributed by atoms with E-state index in [1.165, 1.54) is 12.8 Å². The molecule has 2 aliphatic rings. The lowest BCUT2D eigenvalue weighted by molar-refractivity contribution is 0.640. The highest BCUT2D eigenvalue weighted by molar-refractivity contribution is 8.00. The Balaban J connectivity index is 1.88. The molecule has 0 atom stereocenters. The molecule has 3 N–H and O–H groups in total. The normalized spacial score (nSPS) is 22.4. The topological polar surface area (TPSA) is 67.1 Å². The average Bonchev–Trinajstić information content (AvgIpc) is 3.21. The number of hydrogen-bond donors (Lipinski definition) is 2. The number of aromatic nitrogens is 2. The van der Waals surface area contributed by atoms with Gasteiger partial charge in [0, 0.05) is 35.6 Å². The van der Waals surface area contributed by atoms with E-state index in [0.29, 0.717) is 5.92 Å². The fourth-order valence-electron chi connectivity index (χ4n) is 2.42. The van der Waals surface area contributed by atoms with Gasteiger partial charge in [0.15, 0.2) is 0 Å². The SMILES string of the molecule is CC1(C)CN(c2cc(NN)nc(C3CC3)n2)CCS1. The molecule has 1 aromatic rings. The summed E-state index contributed by atoms with van der Waals surface area (Å²) in [7, 11) is 0. The minimum Gasteiger partial charge on any atom is -0.354 e. The molecule has 0 aromatic carbocycles. The Kier molecular flexibility index (Phi) is 3.30. The maximum Gasteiger partial charge on any atom is 0.145 e. The second kappa shape index (κ2) is 4.83. The molecule has 1 aromatic heterocycles. The van der Waals surface area contributed by atoms with Gasteiger partial charge in [0.05, 0.1) is 0 Å². The monoisotopic (exact) mass is 279 g/mol. The third-order valence-corrected chi connectivity index (χ3v) is 4.87. The van der Waals surface area contributed by atoms with E-state index in [1.54, 1.807) is 0 Å². The molecule has 19 heavy (non-hydrogen) atoms. The van der Waals surface area contributed by atoms with Gasteiger partial charge in [-0.3, -0.25) is 0 Å². The summed E-state index contributed by atoms with van der Waals surface area (Å²) in [4.78, 5) is 11.6. The maximum atomic E-state index is 5.53. The van der Waals surface area contributed by atoms with Crippen LogP contribution in [-0.4, -0.2) is 33.6 Å². The zero-order valence-electron chi connectivity index (χ0n) is 11.5. The first-order valence-electron chi connectivity index (χ1n) is 6.82. The third kappa shape index (κ3) is 2.95. The molecule has 2 fully saturated rings. The maximum absolute atomic E-state index is 5.53. The molecule has 1 aliphatic heterocycles. The second-order valence-electron chi connectivity index (χ2n) is 5.92. The highest BCUT2D eigenvalue weighted by Crippen LogP contribution is 2.39. The predicted molar refractivity (Wildman–Crippen MR) is 80.6 cm³/mol. The summed E-state index contributed by atoms with van der Waals surface area (Å²) < 4.78 is 0.277. The van der Waals surface area contributed by atoms with E-state index < -0.39 is 0 Å². The van der Waals surface area contributed by atoms with Crippen LogP contribution >= 0.6 is 11.8 Å². The van der Waals surface area contributed by atoms with Crippen LogP contribution in [0.5, 0.6) is 0 Å². The van der Waals surface area contributed by atoms with Gasteiger partial charge in [-0.2, -0.15) is 11.8 Å². The summed E-state index contributed by atoms with van der Waals surface area (Å²) in [5, 5.41) is 0. The molecular formula is C13H21N5S. The Hall–Kier alpha value is -1.01. The lowest BCUT2D eigenvalue weighted by Crippen LogP contribution is -2.43. The molecule has 5 nitrogen and oxygen atoms in total. The van der Waals surface area contributed by atoms with Gasteiger partial charge in [0.1, 0.15) is 17.5 Å². The molecule has 1 aliphatic carbocycles. The van der Waals surface area contributed by atoms with Crippen LogP contribution < -0.4 is 16.2 Å². The molecule has 1 saturated heterocycles. The summed E-state index contributed by atoms with van der Waals surface area (Å²) in [6.45, 7) is 6.63. The number of hydrogen-bond acceptors (Lipinski definition) is 6. The van der Waals surface area contributed by atoms with Crippen LogP contribution in [0.1, 0.15) is 38.4 Å². The van der Waals surface area contributed by atoms with Crippen LogP contribution in [0.25, 0.3) is 0 Å². The minimum atomic E-state index is 0.277. The van der Waals surface area contributed by atoms with E-state index in [4.69, 9.17) is 10.8 Å². The molecule has 0 radical (unpaired) electrons. The zero-order chi connectivity index (χ0) is 13.5. The molecule has 0 amide bonds. The number of anilines is 2. The van der Waals surface area contributed by atoms with Crippen LogP contribution in [0.15, 0.2) is 6.07 Å². The number of nitrogen functional groups attached to an aromatic ring is 1. The number of nitrogens with one attached hydrogen (secondary N) is 1. The van der Waals surface area contributed by atoms with Crippen molar-refractivity contribution in [1.82, 2.24) is 9.97 Å². The lowest BCUT2D eigenvalue weighted by Gasteiger charge is -2.38. The van der Waals surface area contributed by atoms with Gasteiger partial charge in [-0.05, 0) is 26.7 Å². The Morgan fingerprint density at radius 1 is 1.42 bits per heavy atom. The Morgan fingerprint density at radius 2 is 2.21 bits per heavy atom. The van der Waals surface area contributed by atoms with Gasteiger partial charge >= 0.3 is 0 Å². The first-order chi connectivity index (χ1) is 9.07. The smallest absolute Gasteiger partial charge is 0.145 e. The van der Waals surface area contributed by atoms with E-state index in [-0.39, 0.29) is 4.75 Å². The van der Waals surface area contributed by atoms with Crippen LogP contribution in [0.4, 0.5) is 11.6 Å². The standard InChI is InChI=1S/C13H21N5S/c1-13(2)8-18(5-6-19-13)11-7-10(17-14)15-12(16-11)9-3-4-9/h7,9H,3-6,8,14H2,1-2H3,(H,15,16,17). The average molecular weight is 279 g/mol. The van der Waals surface area contributed by atoms with Gasteiger partial charge in [-0.1, -0.05) is 0 Å². The van der Waals surface area contributed by atoms with Gasteiger partial charge < -0.3 is 10.3 Å². The van der Waals surface area contributed by atoms with E-state index in [1.807, 2.05) is 17.8 Å². The molecule has 6 heteroatoms. The van der Waals surface area contributed by atoms with Crippen LogP contribution in [0.3, 0.4) is 0 Å². The lowest BCUT2D eigenvalue weighted by atomic mass is 10.2. The number of nitrogens with zero attached hydrogens (tertiary/aromatic N) is 3. The summed E-state index contributed by atoms with van der Waals surface area (Å²) in [6, 6.07) is 1.96. The molecule has 0 bridgehead atoms. The summed E-state index contributed by atoms with van der Waals surface area (Å²) in [5.41, 5.74) is 2.67. The molecule has 0 spiro atoms. The molecular weight excluding hydrogens is 258 g/mol. The third-order valence-electron chi connectivity index (χ3n) is 3.57. The first kappa shape index (κ1) is 13.0. The number of rotatable bonds is 3. The number of nitrogens with two attached hydrogens (primary N) is 1.